The van der Waals surface area contributed by atoms with Crippen LogP contribution in [0.4, 0.5) is 0 Å². The summed E-state index contributed by atoms with van der Waals surface area (Å²) in [4.78, 5) is 2.18. The molecule has 12 heavy (non-hydrogen) atoms. The van der Waals surface area contributed by atoms with Crippen molar-refractivity contribution in [2.24, 2.45) is 5.92 Å². The number of aliphatic hydroxyl groups is 1. The van der Waals surface area contributed by atoms with Gasteiger partial charge in [0.15, 0.2) is 0 Å². The quantitative estimate of drug-likeness (QED) is 0.636. The van der Waals surface area contributed by atoms with E-state index in [2.05, 4.69) is 19.0 Å². The lowest BCUT2D eigenvalue weighted by Crippen LogP contribution is -2.30. The maximum absolute atomic E-state index is 9.77. The fraction of sp³-hybridized carbons (Fsp3) is 1.00. The Labute approximate surface area is 75.6 Å². The zero-order chi connectivity index (χ0) is 8.97. The summed E-state index contributed by atoms with van der Waals surface area (Å²) in [6.07, 6.45) is 5.99. The van der Waals surface area contributed by atoms with Crippen LogP contribution in [0.2, 0.25) is 0 Å². The molecule has 0 amide bonds. The second kappa shape index (κ2) is 4.83. The van der Waals surface area contributed by atoms with Gasteiger partial charge < -0.3 is 10.0 Å². The van der Waals surface area contributed by atoms with E-state index < -0.39 is 0 Å². The molecule has 0 unspecified atom stereocenters. The van der Waals surface area contributed by atoms with Crippen molar-refractivity contribution in [3.8, 4) is 0 Å². The number of nitrogens with zero attached hydrogens (tertiary/aromatic N) is 1. The molecule has 2 heteroatoms. The van der Waals surface area contributed by atoms with Crippen LogP contribution in [0.1, 0.15) is 32.1 Å². The molecule has 1 aliphatic carbocycles. The molecule has 0 aromatic rings. The van der Waals surface area contributed by atoms with E-state index in [0.717, 1.165) is 13.0 Å². The highest BCUT2D eigenvalue weighted by molar-refractivity contribution is 4.74. The summed E-state index contributed by atoms with van der Waals surface area (Å²) < 4.78 is 0. The van der Waals surface area contributed by atoms with Crippen molar-refractivity contribution < 1.29 is 5.11 Å². The maximum atomic E-state index is 9.77. The molecule has 1 saturated carbocycles. The van der Waals surface area contributed by atoms with Crippen LogP contribution in [0.15, 0.2) is 0 Å². The van der Waals surface area contributed by atoms with Crippen molar-refractivity contribution in [3.05, 3.63) is 0 Å². The van der Waals surface area contributed by atoms with E-state index in [0.29, 0.717) is 5.92 Å². The number of hydrogen-bond donors (Lipinski definition) is 1. The average Bonchev–Trinajstić information content (AvgIpc) is 2.16. The highest BCUT2D eigenvalue weighted by Gasteiger charge is 2.21. The van der Waals surface area contributed by atoms with E-state index in [4.69, 9.17) is 0 Å². The Morgan fingerprint density at radius 3 is 2.50 bits per heavy atom. The molecule has 0 bridgehead atoms. The Morgan fingerprint density at radius 2 is 1.83 bits per heavy atom. The molecule has 0 aliphatic heterocycles. The summed E-state index contributed by atoms with van der Waals surface area (Å²) in [5, 5.41) is 9.77. The Kier molecular flexibility index (Phi) is 4.02. The zero-order valence-corrected chi connectivity index (χ0v) is 8.29. The van der Waals surface area contributed by atoms with Gasteiger partial charge in [-0.1, -0.05) is 19.3 Å². The Hall–Kier alpha value is -0.0800. The lowest BCUT2D eigenvalue weighted by molar-refractivity contribution is 0.0844. The minimum absolute atomic E-state index is 0.0464. The lowest BCUT2D eigenvalue weighted by Gasteiger charge is -2.23. The molecule has 1 N–H and O–H groups in total. The average molecular weight is 171 g/mol. The van der Waals surface area contributed by atoms with Gasteiger partial charge in [0.25, 0.3) is 0 Å². The Bertz CT molecular complexity index is 125. The van der Waals surface area contributed by atoms with Crippen LogP contribution in [0.5, 0.6) is 0 Å². The summed E-state index contributed by atoms with van der Waals surface area (Å²) in [5.74, 6) is 0.516. The van der Waals surface area contributed by atoms with E-state index >= 15 is 0 Å². The number of hydrogen-bond acceptors (Lipinski definition) is 2. The summed E-state index contributed by atoms with van der Waals surface area (Å²) >= 11 is 0. The third-order valence-electron chi connectivity index (χ3n) is 2.72. The zero-order valence-electron chi connectivity index (χ0n) is 8.29. The van der Waals surface area contributed by atoms with Crippen LogP contribution in [0, 0.1) is 5.92 Å². The van der Waals surface area contributed by atoms with Gasteiger partial charge in [0.2, 0.25) is 0 Å². The van der Waals surface area contributed by atoms with Crippen LogP contribution in [0.25, 0.3) is 0 Å². The minimum Gasteiger partial charge on any atom is -0.393 e. The third-order valence-corrected chi connectivity index (χ3v) is 2.72. The standard InChI is InChI=1S/C10H21NO/c1-11(2)8-9-6-4-3-5-7-10(9)12/h9-10,12H,3-8H2,1-2H3/t9-,10+/m1/s1. The lowest BCUT2D eigenvalue weighted by atomic mass is 9.97. The van der Waals surface area contributed by atoms with Gasteiger partial charge in [0.1, 0.15) is 0 Å². The van der Waals surface area contributed by atoms with Crippen LogP contribution < -0.4 is 0 Å². The minimum atomic E-state index is -0.0464. The van der Waals surface area contributed by atoms with Crippen LogP contribution >= 0.6 is 0 Å². The monoisotopic (exact) mass is 171 g/mol. The van der Waals surface area contributed by atoms with Crippen molar-refractivity contribution >= 4 is 0 Å². The van der Waals surface area contributed by atoms with Crippen molar-refractivity contribution in [1.82, 2.24) is 4.90 Å². The van der Waals surface area contributed by atoms with E-state index in [1.165, 1.54) is 25.7 Å². The molecule has 1 rings (SSSR count). The first-order chi connectivity index (χ1) is 5.70. The molecule has 1 fully saturated rings. The SMILES string of the molecule is CN(C)C[C@H]1CCCCC[C@@H]1O. The van der Waals surface area contributed by atoms with Gasteiger partial charge in [0.05, 0.1) is 6.10 Å². The molecular weight excluding hydrogens is 150 g/mol. The van der Waals surface area contributed by atoms with Gasteiger partial charge in [0, 0.05) is 6.54 Å². The molecule has 0 aromatic carbocycles. The molecular formula is C10H21NO. The van der Waals surface area contributed by atoms with E-state index in [1.807, 2.05) is 0 Å². The Morgan fingerprint density at radius 1 is 1.17 bits per heavy atom. The molecule has 0 saturated heterocycles. The van der Waals surface area contributed by atoms with E-state index in [-0.39, 0.29) is 6.10 Å². The van der Waals surface area contributed by atoms with Crippen molar-refractivity contribution in [1.29, 1.82) is 0 Å². The first-order valence-electron chi connectivity index (χ1n) is 5.03. The van der Waals surface area contributed by atoms with Gasteiger partial charge >= 0.3 is 0 Å². The first kappa shape index (κ1) is 10.0. The maximum Gasteiger partial charge on any atom is 0.0580 e. The summed E-state index contributed by atoms with van der Waals surface area (Å²) in [7, 11) is 4.16. The largest absolute Gasteiger partial charge is 0.393 e. The van der Waals surface area contributed by atoms with Crippen molar-refractivity contribution in [3.63, 3.8) is 0 Å². The molecule has 0 spiro atoms. The van der Waals surface area contributed by atoms with Gasteiger partial charge in [-0.3, -0.25) is 0 Å². The molecule has 0 aromatic heterocycles. The fourth-order valence-electron chi connectivity index (χ4n) is 2.05. The molecule has 0 heterocycles. The van der Waals surface area contributed by atoms with Crippen molar-refractivity contribution in [2.75, 3.05) is 20.6 Å². The molecule has 2 nitrogen and oxygen atoms in total. The van der Waals surface area contributed by atoms with Gasteiger partial charge in [-0.15, -0.1) is 0 Å². The van der Waals surface area contributed by atoms with Crippen LogP contribution in [0.3, 0.4) is 0 Å². The van der Waals surface area contributed by atoms with Crippen LogP contribution in [-0.2, 0) is 0 Å². The first-order valence-corrected chi connectivity index (χ1v) is 5.03. The normalized spacial score (nSPS) is 32.0. The highest BCUT2D eigenvalue weighted by Crippen LogP contribution is 2.23. The molecule has 2 atom stereocenters. The highest BCUT2D eigenvalue weighted by atomic mass is 16.3. The van der Waals surface area contributed by atoms with Gasteiger partial charge in [-0.25, -0.2) is 0 Å². The second-order valence-electron chi connectivity index (χ2n) is 4.23. The Balaban J connectivity index is 2.36. The fourth-order valence-corrected chi connectivity index (χ4v) is 2.05. The summed E-state index contributed by atoms with van der Waals surface area (Å²) in [6.45, 7) is 1.04. The predicted octanol–water partition coefficient (Wildman–Crippen LogP) is 1.49. The molecule has 72 valence electrons. The summed E-state index contributed by atoms with van der Waals surface area (Å²) in [6, 6.07) is 0. The summed E-state index contributed by atoms with van der Waals surface area (Å²) in [5.41, 5.74) is 0. The van der Waals surface area contributed by atoms with Crippen LogP contribution in [-0.4, -0.2) is 36.8 Å². The van der Waals surface area contributed by atoms with Crippen molar-refractivity contribution in [2.45, 2.75) is 38.2 Å². The van der Waals surface area contributed by atoms with Gasteiger partial charge in [-0.05, 0) is 32.9 Å². The van der Waals surface area contributed by atoms with Gasteiger partial charge in [-0.2, -0.15) is 0 Å². The molecule has 1 aliphatic rings. The predicted molar refractivity (Wildman–Crippen MR) is 51.1 cm³/mol. The topological polar surface area (TPSA) is 23.5 Å². The van der Waals surface area contributed by atoms with E-state index in [1.54, 1.807) is 0 Å². The molecule has 0 radical (unpaired) electrons. The number of rotatable bonds is 2. The smallest absolute Gasteiger partial charge is 0.0580 e. The number of aliphatic hydroxyl groups excluding tert-OH is 1. The second-order valence-corrected chi connectivity index (χ2v) is 4.23. The van der Waals surface area contributed by atoms with E-state index in [9.17, 15) is 5.11 Å². The third kappa shape index (κ3) is 3.11.